The fourth-order valence-corrected chi connectivity index (χ4v) is 4.72. The highest BCUT2D eigenvalue weighted by molar-refractivity contribution is 7.11. The number of aryl methyl sites for hydroxylation is 1. The van der Waals surface area contributed by atoms with Gasteiger partial charge in [0.05, 0.1) is 5.69 Å². The van der Waals surface area contributed by atoms with Crippen molar-refractivity contribution in [2.24, 2.45) is 0 Å². The van der Waals surface area contributed by atoms with Crippen LogP contribution >= 0.6 is 11.3 Å². The molecule has 3 aromatic rings. The van der Waals surface area contributed by atoms with Crippen LogP contribution in [0.25, 0.3) is 11.1 Å². The van der Waals surface area contributed by atoms with Crippen molar-refractivity contribution in [2.45, 2.75) is 39.0 Å². The number of fused-ring (bicyclic) bond motifs is 1. The SMILES string of the molecule is Cc1ccc(-c2csc3c2NC(=O)CC3c2ccc(C(C)C)cc2)cc1. The van der Waals surface area contributed by atoms with Crippen molar-refractivity contribution in [2.75, 3.05) is 5.32 Å². The van der Waals surface area contributed by atoms with Gasteiger partial charge >= 0.3 is 0 Å². The summed E-state index contributed by atoms with van der Waals surface area (Å²) in [5, 5.41) is 5.30. The smallest absolute Gasteiger partial charge is 0.225 e. The largest absolute Gasteiger partial charge is 0.325 e. The van der Waals surface area contributed by atoms with E-state index in [1.807, 2.05) is 0 Å². The molecule has 1 N–H and O–H groups in total. The van der Waals surface area contributed by atoms with E-state index in [0.717, 1.165) is 16.8 Å². The van der Waals surface area contributed by atoms with Crippen molar-refractivity contribution in [3.8, 4) is 11.1 Å². The molecule has 0 radical (unpaired) electrons. The molecule has 0 fully saturated rings. The van der Waals surface area contributed by atoms with Gasteiger partial charge in [-0.1, -0.05) is 67.9 Å². The number of thiophene rings is 1. The molecular weight excluding hydrogens is 338 g/mol. The van der Waals surface area contributed by atoms with Crippen LogP contribution in [0.3, 0.4) is 0 Å². The maximum Gasteiger partial charge on any atom is 0.225 e. The van der Waals surface area contributed by atoms with Gasteiger partial charge in [0.25, 0.3) is 0 Å². The summed E-state index contributed by atoms with van der Waals surface area (Å²) in [4.78, 5) is 13.7. The molecule has 0 saturated carbocycles. The second-order valence-electron chi connectivity index (χ2n) is 7.38. The summed E-state index contributed by atoms with van der Waals surface area (Å²) in [6.07, 6.45) is 0.516. The predicted molar refractivity (Wildman–Crippen MR) is 110 cm³/mol. The Bertz CT molecular complexity index is 935. The number of carbonyl (C=O) groups is 1. The van der Waals surface area contributed by atoms with Crippen LogP contribution in [-0.2, 0) is 4.79 Å². The van der Waals surface area contributed by atoms with E-state index in [-0.39, 0.29) is 11.8 Å². The molecule has 1 atom stereocenters. The average Bonchev–Trinajstić information content (AvgIpc) is 3.05. The minimum Gasteiger partial charge on any atom is -0.325 e. The Morgan fingerprint density at radius 2 is 1.73 bits per heavy atom. The van der Waals surface area contributed by atoms with Crippen LogP contribution in [0.2, 0.25) is 0 Å². The Labute approximate surface area is 158 Å². The Morgan fingerprint density at radius 3 is 2.38 bits per heavy atom. The van der Waals surface area contributed by atoms with Gasteiger partial charge in [0.1, 0.15) is 0 Å². The normalized spacial score (nSPS) is 16.5. The zero-order valence-corrected chi connectivity index (χ0v) is 16.2. The van der Waals surface area contributed by atoms with Gasteiger partial charge < -0.3 is 5.32 Å². The molecule has 1 aromatic heterocycles. The van der Waals surface area contributed by atoms with Crippen LogP contribution in [-0.4, -0.2) is 5.91 Å². The molecule has 2 heterocycles. The van der Waals surface area contributed by atoms with Gasteiger partial charge in [0.2, 0.25) is 5.91 Å². The monoisotopic (exact) mass is 361 g/mol. The van der Waals surface area contributed by atoms with Gasteiger partial charge in [-0.05, 0) is 29.5 Å². The number of rotatable bonds is 3. The van der Waals surface area contributed by atoms with Crippen LogP contribution < -0.4 is 5.32 Å². The molecule has 0 spiro atoms. The molecule has 26 heavy (non-hydrogen) atoms. The average molecular weight is 362 g/mol. The number of hydrogen-bond donors (Lipinski definition) is 1. The van der Waals surface area contributed by atoms with Gasteiger partial charge in [0, 0.05) is 28.2 Å². The van der Waals surface area contributed by atoms with Gasteiger partial charge in [-0.3, -0.25) is 4.79 Å². The lowest BCUT2D eigenvalue weighted by Gasteiger charge is -2.24. The Kier molecular flexibility index (Phi) is 4.41. The summed E-state index contributed by atoms with van der Waals surface area (Å²) in [6.45, 7) is 6.49. The van der Waals surface area contributed by atoms with E-state index in [9.17, 15) is 4.79 Å². The molecule has 132 valence electrons. The van der Waals surface area contributed by atoms with Crippen molar-refractivity contribution in [3.05, 3.63) is 75.5 Å². The first-order valence-corrected chi connectivity index (χ1v) is 9.99. The molecule has 2 aromatic carbocycles. The van der Waals surface area contributed by atoms with E-state index in [0.29, 0.717) is 12.3 Å². The minimum atomic E-state index is 0.0993. The molecule has 2 nitrogen and oxygen atoms in total. The van der Waals surface area contributed by atoms with Crippen molar-refractivity contribution >= 4 is 22.9 Å². The second kappa shape index (κ2) is 6.73. The molecule has 0 aliphatic carbocycles. The minimum absolute atomic E-state index is 0.0993. The number of hydrogen-bond acceptors (Lipinski definition) is 2. The second-order valence-corrected chi connectivity index (χ2v) is 8.29. The summed E-state index contributed by atoms with van der Waals surface area (Å²) >= 11 is 1.75. The van der Waals surface area contributed by atoms with Crippen LogP contribution in [0.1, 0.15) is 53.7 Å². The summed E-state index contributed by atoms with van der Waals surface area (Å²) in [5.74, 6) is 0.760. The van der Waals surface area contributed by atoms with Crippen LogP contribution in [0.5, 0.6) is 0 Å². The van der Waals surface area contributed by atoms with Crippen LogP contribution in [0.15, 0.2) is 53.9 Å². The lowest BCUT2D eigenvalue weighted by molar-refractivity contribution is -0.116. The third-order valence-electron chi connectivity index (χ3n) is 5.16. The third kappa shape index (κ3) is 3.08. The van der Waals surface area contributed by atoms with E-state index in [1.165, 1.54) is 21.6 Å². The van der Waals surface area contributed by atoms with Crippen LogP contribution in [0.4, 0.5) is 5.69 Å². The molecule has 0 saturated heterocycles. The topological polar surface area (TPSA) is 29.1 Å². The first-order chi connectivity index (χ1) is 12.5. The number of benzene rings is 2. The van der Waals surface area contributed by atoms with Crippen molar-refractivity contribution < 1.29 is 4.79 Å². The molecule has 1 aliphatic rings. The number of nitrogens with one attached hydrogen (secondary N) is 1. The quantitative estimate of drug-likeness (QED) is 0.581. The first kappa shape index (κ1) is 17.0. The fourth-order valence-electron chi connectivity index (χ4n) is 3.55. The lowest BCUT2D eigenvalue weighted by atomic mass is 9.88. The molecule has 1 unspecified atom stereocenters. The molecule has 3 heteroatoms. The summed E-state index contributed by atoms with van der Waals surface area (Å²) < 4.78 is 0. The maximum atomic E-state index is 12.4. The van der Waals surface area contributed by atoms with E-state index in [2.05, 4.69) is 80.0 Å². The highest BCUT2D eigenvalue weighted by Gasteiger charge is 2.30. The molecular formula is C23H23NOS. The number of anilines is 1. The van der Waals surface area contributed by atoms with Gasteiger partial charge in [-0.2, -0.15) is 0 Å². The van der Waals surface area contributed by atoms with Gasteiger partial charge in [-0.15, -0.1) is 11.3 Å². The van der Waals surface area contributed by atoms with Crippen molar-refractivity contribution in [1.29, 1.82) is 0 Å². The Balaban J connectivity index is 1.74. The van der Waals surface area contributed by atoms with E-state index >= 15 is 0 Å². The molecule has 1 aliphatic heterocycles. The van der Waals surface area contributed by atoms with Crippen molar-refractivity contribution in [1.82, 2.24) is 0 Å². The van der Waals surface area contributed by atoms with Gasteiger partial charge in [0.15, 0.2) is 0 Å². The summed E-state index contributed by atoms with van der Waals surface area (Å²) in [7, 11) is 0. The predicted octanol–water partition coefficient (Wildman–Crippen LogP) is 6.32. The molecule has 4 rings (SSSR count). The van der Waals surface area contributed by atoms with E-state index < -0.39 is 0 Å². The third-order valence-corrected chi connectivity index (χ3v) is 6.25. The standard InChI is InChI=1S/C23H23NOS/c1-14(2)16-8-10-17(11-9-16)19-12-21(25)24-22-20(13-26-23(19)22)18-6-4-15(3)5-7-18/h4-11,13-14,19H,12H2,1-3H3,(H,24,25). The van der Waals surface area contributed by atoms with Crippen molar-refractivity contribution in [3.63, 3.8) is 0 Å². The number of carbonyl (C=O) groups excluding carboxylic acids is 1. The van der Waals surface area contributed by atoms with E-state index in [1.54, 1.807) is 11.3 Å². The first-order valence-electron chi connectivity index (χ1n) is 9.11. The Hall–Kier alpha value is -2.39. The van der Waals surface area contributed by atoms with Crippen LogP contribution in [0, 0.1) is 6.92 Å². The summed E-state index contributed by atoms with van der Waals surface area (Å²) in [6, 6.07) is 17.3. The highest BCUT2D eigenvalue weighted by atomic mass is 32.1. The zero-order valence-electron chi connectivity index (χ0n) is 15.4. The lowest BCUT2D eigenvalue weighted by Crippen LogP contribution is -2.22. The molecule has 0 bridgehead atoms. The zero-order chi connectivity index (χ0) is 18.3. The summed E-state index contributed by atoms with van der Waals surface area (Å²) in [5.41, 5.74) is 7.08. The number of amides is 1. The highest BCUT2D eigenvalue weighted by Crippen LogP contribution is 2.46. The Morgan fingerprint density at radius 1 is 1.04 bits per heavy atom. The van der Waals surface area contributed by atoms with Gasteiger partial charge in [-0.25, -0.2) is 0 Å². The van der Waals surface area contributed by atoms with E-state index in [4.69, 9.17) is 0 Å². The molecule has 1 amide bonds. The fraction of sp³-hybridized carbons (Fsp3) is 0.261. The maximum absolute atomic E-state index is 12.4.